The molecule has 0 amide bonds. The molecule has 1 aromatic carbocycles. The second-order valence-electron chi connectivity index (χ2n) is 5.01. The van der Waals surface area contributed by atoms with Gasteiger partial charge >= 0.3 is 0 Å². The molecule has 2 aromatic heterocycles. The maximum atomic E-state index is 11.4. The van der Waals surface area contributed by atoms with Crippen LogP contribution in [0.25, 0.3) is 22.3 Å². The molecule has 0 spiro atoms. The lowest BCUT2D eigenvalue weighted by molar-refractivity contribution is 0.607. The van der Waals surface area contributed by atoms with Crippen LogP contribution in [-0.4, -0.2) is 34.4 Å². The first-order valence-corrected chi connectivity index (χ1v) is 8.74. The lowest BCUT2D eigenvalue weighted by Gasteiger charge is -2.08. The van der Waals surface area contributed by atoms with Crippen LogP contribution < -0.4 is 10.5 Å². The molecule has 0 fully saturated rings. The topological polar surface area (TPSA) is 116 Å². The number of nitrogens with zero attached hydrogens (tertiary/aromatic N) is 4. The Bertz CT molecular complexity index is 1010. The molecule has 3 rings (SSSR count). The fourth-order valence-corrected chi connectivity index (χ4v) is 3.00. The van der Waals surface area contributed by atoms with Crippen molar-refractivity contribution in [3.8, 4) is 11.3 Å². The highest BCUT2D eigenvalue weighted by molar-refractivity contribution is 7.92. The molecule has 3 N–H and O–H groups in total. The average Bonchev–Trinajstić information content (AvgIpc) is 2.77. The SMILES string of the molecule is Cn1nc(-c2ccc(Cl)c(NS(C)(=O)=O)c2)c2cnc(N)nc21. The van der Waals surface area contributed by atoms with Gasteiger partial charge in [-0.1, -0.05) is 17.7 Å². The van der Waals surface area contributed by atoms with Crippen LogP contribution in [0, 0.1) is 0 Å². The Labute approximate surface area is 137 Å². The largest absolute Gasteiger partial charge is 0.368 e. The molecule has 0 unspecified atom stereocenters. The van der Waals surface area contributed by atoms with E-state index in [9.17, 15) is 8.42 Å². The highest BCUT2D eigenvalue weighted by Gasteiger charge is 2.15. The van der Waals surface area contributed by atoms with Crippen molar-refractivity contribution in [1.29, 1.82) is 0 Å². The first-order chi connectivity index (χ1) is 10.7. The molecule has 0 radical (unpaired) electrons. The highest BCUT2D eigenvalue weighted by atomic mass is 35.5. The van der Waals surface area contributed by atoms with Crippen LogP contribution in [0.5, 0.6) is 0 Å². The van der Waals surface area contributed by atoms with Crippen LogP contribution >= 0.6 is 11.6 Å². The Kier molecular flexibility index (Phi) is 3.61. The summed E-state index contributed by atoms with van der Waals surface area (Å²) in [6.45, 7) is 0. The van der Waals surface area contributed by atoms with E-state index in [0.717, 1.165) is 6.26 Å². The Morgan fingerprint density at radius 1 is 1.35 bits per heavy atom. The standard InChI is InChI=1S/C13H13ClN6O2S/c1-20-12-8(6-16-13(15)17-12)11(18-20)7-3-4-9(14)10(5-7)19-23(2,21)22/h3-6,19H,1-2H3,(H2,15,16,17). The molecule has 23 heavy (non-hydrogen) atoms. The summed E-state index contributed by atoms with van der Waals surface area (Å²) in [5, 5.41) is 5.40. The first kappa shape index (κ1) is 15.5. The first-order valence-electron chi connectivity index (χ1n) is 6.47. The van der Waals surface area contributed by atoms with Gasteiger partial charge in [0, 0.05) is 18.8 Å². The van der Waals surface area contributed by atoms with Crippen molar-refractivity contribution in [2.24, 2.45) is 7.05 Å². The molecule has 3 aromatic rings. The van der Waals surface area contributed by atoms with Crippen LogP contribution in [-0.2, 0) is 17.1 Å². The summed E-state index contributed by atoms with van der Waals surface area (Å²) in [7, 11) is -1.70. The number of hydrogen-bond acceptors (Lipinski definition) is 6. The zero-order chi connectivity index (χ0) is 16.8. The number of nitrogen functional groups attached to an aromatic ring is 1. The molecule has 0 bridgehead atoms. The predicted molar refractivity (Wildman–Crippen MR) is 89.6 cm³/mol. The molecule has 0 atom stereocenters. The van der Waals surface area contributed by atoms with Gasteiger partial charge in [-0.3, -0.25) is 4.72 Å². The molecule has 0 aliphatic heterocycles. The fraction of sp³-hybridized carbons (Fsp3) is 0.154. The maximum Gasteiger partial charge on any atom is 0.229 e. The number of aromatic nitrogens is 4. The van der Waals surface area contributed by atoms with Gasteiger partial charge < -0.3 is 5.73 Å². The predicted octanol–water partition coefficient (Wildman–Crippen LogP) is 1.64. The van der Waals surface area contributed by atoms with Crippen molar-refractivity contribution in [3.05, 3.63) is 29.4 Å². The van der Waals surface area contributed by atoms with Crippen LogP contribution in [0.4, 0.5) is 11.6 Å². The van der Waals surface area contributed by atoms with Gasteiger partial charge in [0.2, 0.25) is 16.0 Å². The number of nitrogens with one attached hydrogen (secondary N) is 1. The van der Waals surface area contributed by atoms with Gasteiger partial charge in [0.1, 0.15) is 5.69 Å². The van der Waals surface area contributed by atoms with Crippen LogP contribution in [0.15, 0.2) is 24.4 Å². The molecule has 2 heterocycles. The number of aryl methyl sites for hydroxylation is 1. The second-order valence-corrected chi connectivity index (χ2v) is 7.16. The minimum absolute atomic E-state index is 0.155. The van der Waals surface area contributed by atoms with Crippen molar-refractivity contribution in [3.63, 3.8) is 0 Å². The van der Waals surface area contributed by atoms with E-state index in [1.165, 1.54) is 0 Å². The molecule has 10 heteroatoms. The summed E-state index contributed by atoms with van der Waals surface area (Å²) < 4.78 is 26.8. The van der Waals surface area contributed by atoms with E-state index in [2.05, 4.69) is 19.8 Å². The average molecular weight is 353 g/mol. The van der Waals surface area contributed by atoms with E-state index in [1.807, 2.05) is 0 Å². The molecule has 0 aliphatic rings. The van der Waals surface area contributed by atoms with Crippen LogP contribution in [0.3, 0.4) is 0 Å². The van der Waals surface area contributed by atoms with Crippen molar-refractivity contribution in [2.45, 2.75) is 0 Å². The van der Waals surface area contributed by atoms with Gasteiger partial charge in [-0.05, 0) is 12.1 Å². The summed E-state index contributed by atoms with van der Waals surface area (Å²) >= 11 is 6.04. The Morgan fingerprint density at radius 2 is 2.09 bits per heavy atom. The Morgan fingerprint density at radius 3 is 2.78 bits per heavy atom. The number of halogens is 1. The van der Waals surface area contributed by atoms with Crippen molar-refractivity contribution >= 4 is 44.3 Å². The van der Waals surface area contributed by atoms with E-state index in [4.69, 9.17) is 17.3 Å². The van der Waals surface area contributed by atoms with E-state index < -0.39 is 10.0 Å². The van der Waals surface area contributed by atoms with E-state index in [-0.39, 0.29) is 11.6 Å². The normalized spacial score (nSPS) is 11.8. The van der Waals surface area contributed by atoms with Gasteiger partial charge in [-0.15, -0.1) is 0 Å². The quantitative estimate of drug-likeness (QED) is 0.740. The van der Waals surface area contributed by atoms with E-state index in [0.29, 0.717) is 27.3 Å². The molecule has 120 valence electrons. The molecular formula is C13H13ClN6O2S. The third-order valence-corrected chi connectivity index (χ3v) is 4.05. The zero-order valence-electron chi connectivity index (χ0n) is 12.3. The summed E-state index contributed by atoms with van der Waals surface area (Å²) in [5.41, 5.74) is 7.75. The lowest BCUT2D eigenvalue weighted by Crippen LogP contribution is -2.09. The van der Waals surface area contributed by atoms with Gasteiger partial charge in [-0.2, -0.15) is 10.1 Å². The molecular weight excluding hydrogens is 340 g/mol. The number of benzene rings is 1. The number of fused-ring (bicyclic) bond motifs is 1. The van der Waals surface area contributed by atoms with Gasteiger partial charge in [0.05, 0.1) is 22.4 Å². The summed E-state index contributed by atoms with van der Waals surface area (Å²) in [6, 6.07) is 4.96. The molecule has 0 aliphatic carbocycles. The second kappa shape index (κ2) is 5.36. The maximum absolute atomic E-state index is 11.4. The zero-order valence-corrected chi connectivity index (χ0v) is 13.9. The van der Waals surface area contributed by atoms with Crippen molar-refractivity contribution in [1.82, 2.24) is 19.7 Å². The van der Waals surface area contributed by atoms with Gasteiger partial charge in [0.25, 0.3) is 0 Å². The Balaban J connectivity index is 2.18. The van der Waals surface area contributed by atoms with Crippen molar-refractivity contribution < 1.29 is 8.42 Å². The smallest absolute Gasteiger partial charge is 0.229 e. The van der Waals surface area contributed by atoms with Gasteiger partial charge in [-0.25, -0.2) is 18.1 Å². The van der Waals surface area contributed by atoms with E-state index in [1.54, 1.807) is 36.1 Å². The molecule has 0 saturated heterocycles. The van der Waals surface area contributed by atoms with E-state index >= 15 is 0 Å². The minimum atomic E-state index is -3.44. The lowest BCUT2D eigenvalue weighted by atomic mass is 10.1. The van der Waals surface area contributed by atoms with Gasteiger partial charge in [0.15, 0.2) is 5.65 Å². The summed E-state index contributed by atoms with van der Waals surface area (Å²) in [4.78, 5) is 8.13. The number of sulfonamides is 1. The summed E-state index contributed by atoms with van der Waals surface area (Å²) in [5.74, 6) is 0.155. The summed E-state index contributed by atoms with van der Waals surface area (Å²) in [6.07, 6.45) is 2.64. The minimum Gasteiger partial charge on any atom is -0.368 e. The van der Waals surface area contributed by atoms with Crippen LogP contribution in [0.2, 0.25) is 5.02 Å². The third-order valence-electron chi connectivity index (χ3n) is 3.13. The van der Waals surface area contributed by atoms with Crippen LogP contribution in [0.1, 0.15) is 0 Å². The van der Waals surface area contributed by atoms with Crippen molar-refractivity contribution in [2.75, 3.05) is 16.7 Å². The number of hydrogen-bond donors (Lipinski definition) is 2. The fourth-order valence-electron chi connectivity index (χ4n) is 2.21. The Hall–Kier alpha value is -2.39. The highest BCUT2D eigenvalue weighted by Crippen LogP contribution is 2.32. The number of nitrogens with two attached hydrogens (primary N) is 1. The number of rotatable bonds is 3. The molecule has 0 saturated carbocycles. The monoisotopic (exact) mass is 352 g/mol. The number of anilines is 2. The molecule has 8 nitrogen and oxygen atoms in total. The third kappa shape index (κ3) is 3.06.